The first-order valence-corrected chi connectivity index (χ1v) is 10.1. The van der Waals surface area contributed by atoms with E-state index in [0.717, 1.165) is 5.56 Å². The lowest BCUT2D eigenvalue weighted by molar-refractivity contribution is -0.138. The van der Waals surface area contributed by atoms with E-state index in [0.29, 0.717) is 37.1 Å². The number of anilines is 1. The van der Waals surface area contributed by atoms with Gasteiger partial charge in [-0.2, -0.15) is 0 Å². The highest BCUT2D eigenvalue weighted by molar-refractivity contribution is 7.92. The zero-order chi connectivity index (χ0) is 18.8. The molecule has 0 radical (unpaired) electrons. The lowest BCUT2D eigenvalue weighted by Gasteiger charge is -2.30. The number of carboxylic acid groups (broad SMARTS) is 1. The van der Waals surface area contributed by atoms with Gasteiger partial charge in [0, 0.05) is 18.2 Å². The molecule has 8 heteroatoms. The van der Waals surface area contributed by atoms with Gasteiger partial charge in [0.25, 0.3) is 5.91 Å². The van der Waals surface area contributed by atoms with Crippen molar-refractivity contribution in [3.63, 3.8) is 0 Å². The van der Waals surface area contributed by atoms with Crippen LogP contribution in [0, 0.1) is 0 Å². The molecule has 138 valence electrons. The summed E-state index contributed by atoms with van der Waals surface area (Å²) in [6.45, 7) is 3.77. The van der Waals surface area contributed by atoms with Crippen molar-refractivity contribution in [2.24, 2.45) is 0 Å². The van der Waals surface area contributed by atoms with Crippen molar-refractivity contribution in [3.8, 4) is 0 Å². The summed E-state index contributed by atoms with van der Waals surface area (Å²) in [5, 5.41) is 9.07. The molecule has 1 N–H and O–H groups in total. The van der Waals surface area contributed by atoms with Crippen molar-refractivity contribution in [1.29, 1.82) is 0 Å². The van der Waals surface area contributed by atoms with Gasteiger partial charge in [0.05, 0.1) is 11.9 Å². The van der Waals surface area contributed by atoms with Crippen LogP contribution in [-0.2, 0) is 21.2 Å². The Bertz CT molecular complexity index is 775. The maximum absolute atomic E-state index is 12.8. The average Bonchev–Trinajstić information content (AvgIpc) is 2.56. The topological polar surface area (TPSA) is 95.0 Å². The fourth-order valence-corrected chi connectivity index (χ4v) is 4.00. The number of hydrogen-bond donors (Lipinski definition) is 1. The smallest absolute Gasteiger partial charge is 0.323 e. The first-order chi connectivity index (χ1) is 11.6. The largest absolute Gasteiger partial charge is 0.480 e. The molecule has 7 nitrogen and oxygen atoms in total. The van der Waals surface area contributed by atoms with E-state index in [1.807, 2.05) is 13.8 Å². The van der Waals surface area contributed by atoms with E-state index in [1.165, 1.54) is 15.5 Å². The number of benzene rings is 1. The molecule has 25 heavy (non-hydrogen) atoms. The van der Waals surface area contributed by atoms with Crippen LogP contribution in [0.1, 0.15) is 42.6 Å². The van der Waals surface area contributed by atoms with E-state index in [-0.39, 0.29) is 18.5 Å². The van der Waals surface area contributed by atoms with Crippen LogP contribution < -0.4 is 4.31 Å². The molecule has 1 atom stereocenters. The van der Waals surface area contributed by atoms with Crippen molar-refractivity contribution in [2.75, 3.05) is 23.7 Å². The molecule has 0 saturated carbocycles. The number of nitrogens with zero attached hydrogens (tertiary/aromatic N) is 2. The summed E-state index contributed by atoms with van der Waals surface area (Å²) in [5.41, 5.74) is 1.77. The van der Waals surface area contributed by atoms with Crippen LogP contribution in [0.5, 0.6) is 0 Å². The Labute approximate surface area is 148 Å². The standard InChI is InChI=1S/C17H24N2O5S/c1-4-12(2)18(11-16(20)21)17(22)14-7-8-15-13(10-14)6-5-9-19(15)25(3,23)24/h7-8,10,12H,4-6,9,11H2,1-3H3,(H,20,21). The van der Waals surface area contributed by atoms with Gasteiger partial charge in [-0.15, -0.1) is 0 Å². The van der Waals surface area contributed by atoms with E-state index >= 15 is 0 Å². The molecule has 2 rings (SSSR count). The second-order valence-electron chi connectivity index (χ2n) is 6.37. The Kier molecular flexibility index (Phi) is 5.72. The number of sulfonamides is 1. The second-order valence-corrected chi connectivity index (χ2v) is 8.27. The van der Waals surface area contributed by atoms with Crippen LogP contribution >= 0.6 is 0 Å². The van der Waals surface area contributed by atoms with Crippen LogP contribution in [0.3, 0.4) is 0 Å². The Morgan fingerprint density at radius 3 is 2.60 bits per heavy atom. The van der Waals surface area contributed by atoms with Crippen LogP contribution in [0.15, 0.2) is 18.2 Å². The van der Waals surface area contributed by atoms with Crippen molar-refractivity contribution in [2.45, 2.75) is 39.2 Å². The Morgan fingerprint density at radius 1 is 1.36 bits per heavy atom. The quantitative estimate of drug-likeness (QED) is 0.825. The summed E-state index contributed by atoms with van der Waals surface area (Å²) in [5.74, 6) is -1.41. The Morgan fingerprint density at radius 2 is 2.04 bits per heavy atom. The van der Waals surface area contributed by atoms with Crippen LogP contribution in [0.25, 0.3) is 0 Å². The zero-order valence-corrected chi connectivity index (χ0v) is 15.5. The molecule has 0 aromatic heterocycles. The summed E-state index contributed by atoms with van der Waals surface area (Å²) in [7, 11) is -3.36. The maximum atomic E-state index is 12.8. The number of aliphatic carboxylic acids is 1. The molecular weight excluding hydrogens is 344 g/mol. The molecule has 0 bridgehead atoms. The summed E-state index contributed by atoms with van der Waals surface area (Å²) in [6.07, 6.45) is 3.18. The van der Waals surface area contributed by atoms with E-state index < -0.39 is 16.0 Å². The molecule has 1 aromatic rings. The molecular formula is C17H24N2O5S. The molecule has 0 saturated heterocycles. The van der Waals surface area contributed by atoms with Crippen molar-refractivity contribution >= 4 is 27.6 Å². The third-order valence-corrected chi connectivity index (χ3v) is 5.67. The first kappa shape index (κ1) is 19.2. The van der Waals surface area contributed by atoms with Gasteiger partial charge in [0.15, 0.2) is 0 Å². The van der Waals surface area contributed by atoms with E-state index in [1.54, 1.807) is 18.2 Å². The number of carbonyl (C=O) groups is 2. The molecule has 1 aromatic carbocycles. The number of carboxylic acids is 1. The van der Waals surface area contributed by atoms with E-state index in [4.69, 9.17) is 5.11 Å². The minimum Gasteiger partial charge on any atom is -0.480 e. The summed E-state index contributed by atoms with van der Waals surface area (Å²) < 4.78 is 25.2. The normalized spacial score (nSPS) is 15.4. The van der Waals surface area contributed by atoms with Gasteiger partial charge in [-0.05, 0) is 49.9 Å². The van der Waals surface area contributed by atoms with E-state index in [2.05, 4.69) is 0 Å². The van der Waals surface area contributed by atoms with Gasteiger partial charge in [-0.3, -0.25) is 13.9 Å². The summed E-state index contributed by atoms with van der Waals surface area (Å²) in [4.78, 5) is 25.2. The molecule has 0 fully saturated rings. The van der Waals surface area contributed by atoms with Gasteiger partial charge in [0.1, 0.15) is 6.54 Å². The van der Waals surface area contributed by atoms with Gasteiger partial charge >= 0.3 is 5.97 Å². The van der Waals surface area contributed by atoms with Gasteiger partial charge < -0.3 is 10.0 Å². The molecule has 1 amide bonds. The Balaban J connectivity index is 2.37. The number of amides is 1. The lowest BCUT2D eigenvalue weighted by Crippen LogP contribution is -2.42. The first-order valence-electron chi connectivity index (χ1n) is 8.28. The van der Waals surface area contributed by atoms with Gasteiger partial charge in [0.2, 0.25) is 10.0 Å². The number of hydrogen-bond acceptors (Lipinski definition) is 4. The van der Waals surface area contributed by atoms with Crippen LogP contribution in [0.2, 0.25) is 0 Å². The van der Waals surface area contributed by atoms with Crippen molar-refractivity contribution in [1.82, 2.24) is 4.90 Å². The second kappa shape index (κ2) is 7.43. The summed E-state index contributed by atoms with van der Waals surface area (Å²) >= 11 is 0. The third kappa shape index (κ3) is 4.31. The number of aryl methyl sites for hydroxylation is 1. The molecule has 1 heterocycles. The summed E-state index contributed by atoms with van der Waals surface area (Å²) in [6, 6.07) is 4.69. The molecule has 1 aliphatic heterocycles. The highest BCUT2D eigenvalue weighted by Gasteiger charge is 2.27. The lowest BCUT2D eigenvalue weighted by atomic mass is 10.00. The number of carbonyl (C=O) groups excluding carboxylic acids is 1. The molecule has 1 unspecified atom stereocenters. The van der Waals surface area contributed by atoms with Gasteiger partial charge in [-0.1, -0.05) is 6.92 Å². The Hall–Kier alpha value is -2.09. The monoisotopic (exact) mass is 368 g/mol. The maximum Gasteiger partial charge on any atom is 0.323 e. The van der Waals surface area contributed by atoms with Crippen molar-refractivity contribution in [3.05, 3.63) is 29.3 Å². The van der Waals surface area contributed by atoms with Gasteiger partial charge in [-0.25, -0.2) is 8.42 Å². The highest BCUT2D eigenvalue weighted by Crippen LogP contribution is 2.30. The SMILES string of the molecule is CCC(C)N(CC(=O)O)C(=O)c1ccc2c(c1)CCCN2S(C)(=O)=O. The highest BCUT2D eigenvalue weighted by atomic mass is 32.2. The average molecular weight is 368 g/mol. The minimum absolute atomic E-state index is 0.202. The van der Waals surface area contributed by atoms with E-state index in [9.17, 15) is 18.0 Å². The van der Waals surface area contributed by atoms with Crippen LogP contribution in [-0.4, -0.2) is 55.7 Å². The predicted molar refractivity (Wildman–Crippen MR) is 95.4 cm³/mol. The van der Waals surface area contributed by atoms with Crippen molar-refractivity contribution < 1.29 is 23.1 Å². The molecule has 1 aliphatic rings. The third-order valence-electron chi connectivity index (χ3n) is 4.49. The number of rotatable bonds is 6. The fourth-order valence-electron chi connectivity index (χ4n) is 3.00. The molecule has 0 spiro atoms. The number of fused-ring (bicyclic) bond motifs is 1. The minimum atomic E-state index is -3.36. The van der Waals surface area contributed by atoms with Crippen LogP contribution in [0.4, 0.5) is 5.69 Å². The fraction of sp³-hybridized carbons (Fsp3) is 0.529. The zero-order valence-electron chi connectivity index (χ0n) is 14.7. The molecule has 0 aliphatic carbocycles. The predicted octanol–water partition coefficient (Wildman–Crippen LogP) is 1.72.